The quantitative estimate of drug-likeness (QED) is 0.838. The second-order valence-corrected chi connectivity index (χ2v) is 4.72. The van der Waals surface area contributed by atoms with Gasteiger partial charge in [0, 0.05) is 24.8 Å². The number of para-hydroxylation sites is 1. The number of rotatable bonds is 3. The maximum absolute atomic E-state index is 3.32. The molecule has 2 heteroatoms. The molecule has 0 radical (unpaired) electrons. The molecule has 88 valence electrons. The molecule has 0 saturated heterocycles. The molecule has 2 nitrogen and oxygen atoms in total. The minimum absolute atomic E-state index is 0.547. The number of aryl methyl sites for hydroxylation is 1. The second-order valence-electron chi connectivity index (χ2n) is 4.72. The molecule has 1 aliphatic rings. The van der Waals surface area contributed by atoms with Crippen LogP contribution in [0.3, 0.4) is 0 Å². The lowest BCUT2D eigenvalue weighted by atomic mass is 10.1. The van der Waals surface area contributed by atoms with Crippen LogP contribution in [0.1, 0.15) is 25.3 Å². The third kappa shape index (κ3) is 2.56. The van der Waals surface area contributed by atoms with Crippen molar-refractivity contribution >= 4 is 5.69 Å². The largest absolute Gasteiger partial charge is 0.370 e. The third-order valence-electron chi connectivity index (χ3n) is 3.44. The van der Waals surface area contributed by atoms with Crippen molar-refractivity contribution in [3.63, 3.8) is 0 Å². The van der Waals surface area contributed by atoms with Crippen molar-refractivity contribution in [3.8, 4) is 0 Å². The van der Waals surface area contributed by atoms with Crippen molar-refractivity contribution in [1.82, 2.24) is 5.32 Å². The first kappa shape index (κ1) is 11.5. The number of hydrogen-bond acceptors (Lipinski definition) is 2. The van der Waals surface area contributed by atoms with E-state index in [1.165, 1.54) is 37.1 Å². The Kier molecular flexibility index (Phi) is 3.83. The first-order valence-electron chi connectivity index (χ1n) is 6.31. The smallest absolute Gasteiger partial charge is 0.0399 e. The molecule has 0 aromatic heterocycles. The Bertz CT molecular complexity index is 335. The van der Waals surface area contributed by atoms with Crippen molar-refractivity contribution in [2.75, 3.05) is 25.0 Å². The first-order valence-corrected chi connectivity index (χ1v) is 6.31. The molecule has 1 aliphatic heterocycles. The average Bonchev–Trinajstić information content (AvgIpc) is 2.52. The summed E-state index contributed by atoms with van der Waals surface area (Å²) in [7, 11) is 2.04. The van der Waals surface area contributed by atoms with Gasteiger partial charge in [-0.05, 0) is 44.9 Å². The van der Waals surface area contributed by atoms with Crippen LogP contribution in [0.25, 0.3) is 0 Å². The monoisotopic (exact) mass is 218 g/mol. The fraction of sp³-hybridized carbons (Fsp3) is 0.571. The van der Waals surface area contributed by atoms with Gasteiger partial charge in [0.2, 0.25) is 0 Å². The summed E-state index contributed by atoms with van der Waals surface area (Å²) in [5, 5.41) is 3.32. The Balaban J connectivity index is 2.19. The predicted octanol–water partition coefficient (Wildman–Crippen LogP) is 2.44. The molecular weight excluding hydrogens is 196 g/mol. The van der Waals surface area contributed by atoms with Crippen LogP contribution in [-0.2, 0) is 6.42 Å². The van der Waals surface area contributed by atoms with E-state index in [-0.39, 0.29) is 0 Å². The topological polar surface area (TPSA) is 15.3 Å². The molecule has 0 aliphatic carbocycles. The van der Waals surface area contributed by atoms with Crippen molar-refractivity contribution in [2.45, 2.75) is 32.2 Å². The average molecular weight is 218 g/mol. The summed E-state index contributed by atoms with van der Waals surface area (Å²) in [5.74, 6) is 0. The Hall–Kier alpha value is -1.02. The Morgan fingerprint density at radius 3 is 2.94 bits per heavy atom. The molecule has 1 atom stereocenters. The summed E-state index contributed by atoms with van der Waals surface area (Å²) in [5.41, 5.74) is 2.96. The Labute approximate surface area is 98.7 Å². The van der Waals surface area contributed by atoms with Gasteiger partial charge in [-0.25, -0.2) is 0 Å². The number of benzene rings is 1. The van der Waals surface area contributed by atoms with Crippen LogP contribution in [-0.4, -0.2) is 26.2 Å². The molecule has 1 aromatic rings. The van der Waals surface area contributed by atoms with E-state index >= 15 is 0 Å². The highest BCUT2D eigenvalue weighted by atomic mass is 15.2. The maximum atomic E-state index is 3.32. The molecule has 1 aromatic carbocycles. The SMILES string of the molecule is CNC(C)CN1CCCCc2ccccc21. The zero-order valence-corrected chi connectivity index (χ0v) is 10.4. The van der Waals surface area contributed by atoms with Gasteiger partial charge in [0.05, 0.1) is 0 Å². The van der Waals surface area contributed by atoms with E-state index in [1.54, 1.807) is 0 Å². The number of likely N-dealkylation sites (N-methyl/N-ethyl adjacent to an activating group) is 1. The number of nitrogens with one attached hydrogen (secondary N) is 1. The zero-order valence-electron chi connectivity index (χ0n) is 10.4. The lowest BCUT2D eigenvalue weighted by Crippen LogP contribution is -2.38. The fourth-order valence-electron chi connectivity index (χ4n) is 2.38. The van der Waals surface area contributed by atoms with Crippen LogP contribution >= 0.6 is 0 Å². The van der Waals surface area contributed by atoms with E-state index in [1.807, 2.05) is 7.05 Å². The minimum atomic E-state index is 0.547. The molecule has 0 spiro atoms. The van der Waals surface area contributed by atoms with Crippen LogP contribution in [0, 0.1) is 0 Å². The molecule has 0 bridgehead atoms. The molecular formula is C14H22N2. The normalized spacial score (nSPS) is 17.8. The van der Waals surface area contributed by atoms with Gasteiger partial charge in [-0.15, -0.1) is 0 Å². The maximum Gasteiger partial charge on any atom is 0.0399 e. The van der Waals surface area contributed by atoms with Crippen LogP contribution < -0.4 is 10.2 Å². The van der Waals surface area contributed by atoms with Crippen molar-refractivity contribution in [3.05, 3.63) is 29.8 Å². The van der Waals surface area contributed by atoms with Crippen molar-refractivity contribution in [1.29, 1.82) is 0 Å². The zero-order chi connectivity index (χ0) is 11.4. The van der Waals surface area contributed by atoms with Gasteiger partial charge >= 0.3 is 0 Å². The van der Waals surface area contributed by atoms with Gasteiger partial charge in [-0.2, -0.15) is 0 Å². The Morgan fingerprint density at radius 1 is 1.31 bits per heavy atom. The lowest BCUT2D eigenvalue weighted by Gasteiger charge is -2.27. The van der Waals surface area contributed by atoms with E-state index in [4.69, 9.17) is 0 Å². The van der Waals surface area contributed by atoms with Gasteiger partial charge in [0.15, 0.2) is 0 Å². The van der Waals surface area contributed by atoms with E-state index in [0.29, 0.717) is 6.04 Å². The molecule has 1 N–H and O–H groups in total. The molecule has 16 heavy (non-hydrogen) atoms. The summed E-state index contributed by atoms with van der Waals surface area (Å²) in [6.45, 7) is 4.55. The lowest BCUT2D eigenvalue weighted by molar-refractivity contribution is 0.580. The van der Waals surface area contributed by atoms with Crippen molar-refractivity contribution in [2.24, 2.45) is 0 Å². The van der Waals surface area contributed by atoms with Gasteiger partial charge in [0.25, 0.3) is 0 Å². The Morgan fingerprint density at radius 2 is 2.12 bits per heavy atom. The van der Waals surface area contributed by atoms with Crippen molar-refractivity contribution < 1.29 is 0 Å². The number of nitrogens with zero attached hydrogens (tertiary/aromatic N) is 1. The summed E-state index contributed by atoms with van der Waals surface area (Å²) in [4.78, 5) is 2.53. The van der Waals surface area contributed by atoms with E-state index in [0.717, 1.165) is 6.54 Å². The van der Waals surface area contributed by atoms with Crippen LogP contribution in [0.2, 0.25) is 0 Å². The third-order valence-corrected chi connectivity index (χ3v) is 3.44. The summed E-state index contributed by atoms with van der Waals surface area (Å²) >= 11 is 0. The van der Waals surface area contributed by atoms with E-state index in [9.17, 15) is 0 Å². The molecule has 0 saturated carbocycles. The number of hydrogen-bond donors (Lipinski definition) is 1. The molecule has 0 amide bonds. The molecule has 1 heterocycles. The van der Waals surface area contributed by atoms with Gasteiger partial charge in [0.1, 0.15) is 0 Å². The first-order chi connectivity index (χ1) is 7.81. The predicted molar refractivity (Wildman–Crippen MR) is 70.1 cm³/mol. The summed E-state index contributed by atoms with van der Waals surface area (Å²) < 4.78 is 0. The van der Waals surface area contributed by atoms with Crippen LogP contribution in [0.15, 0.2) is 24.3 Å². The standard InChI is InChI=1S/C14H22N2/c1-12(15-2)11-16-10-6-5-8-13-7-3-4-9-14(13)16/h3-4,7,9,12,15H,5-6,8,10-11H2,1-2H3. The fourth-order valence-corrected chi connectivity index (χ4v) is 2.38. The minimum Gasteiger partial charge on any atom is -0.370 e. The number of anilines is 1. The van der Waals surface area contributed by atoms with Gasteiger partial charge < -0.3 is 10.2 Å². The summed E-state index contributed by atoms with van der Waals surface area (Å²) in [6.07, 6.45) is 3.87. The van der Waals surface area contributed by atoms with E-state index in [2.05, 4.69) is 41.4 Å². The molecule has 0 fully saturated rings. The number of fused-ring (bicyclic) bond motifs is 1. The van der Waals surface area contributed by atoms with Crippen LogP contribution in [0.5, 0.6) is 0 Å². The molecule has 2 rings (SSSR count). The van der Waals surface area contributed by atoms with E-state index < -0.39 is 0 Å². The highest BCUT2D eigenvalue weighted by molar-refractivity contribution is 5.54. The summed E-state index contributed by atoms with van der Waals surface area (Å²) in [6, 6.07) is 9.40. The molecule has 1 unspecified atom stereocenters. The highest BCUT2D eigenvalue weighted by Gasteiger charge is 2.15. The highest BCUT2D eigenvalue weighted by Crippen LogP contribution is 2.25. The van der Waals surface area contributed by atoms with Crippen LogP contribution in [0.4, 0.5) is 5.69 Å². The van der Waals surface area contributed by atoms with Gasteiger partial charge in [-0.1, -0.05) is 18.2 Å². The second kappa shape index (κ2) is 5.35. The van der Waals surface area contributed by atoms with Gasteiger partial charge in [-0.3, -0.25) is 0 Å².